The third kappa shape index (κ3) is 4.87. The number of methoxy groups -OCH3 is 1. The van der Waals surface area contributed by atoms with Gasteiger partial charge in [0.2, 0.25) is 11.8 Å². The Morgan fingerprint density at radius 3 is 2.96 bits per heavy atom. The Hall–Kier alpha value is -1.73. The van der Waals surface area contributed by atoms with Crippen LogP contribution in [0.5, 0.6) is 0 Å². The van der Waals surface area contributed by atoms with Gasteiger partial charge in [-0.3, -0.25) is 9.59 Å². The quantitative estimate of drug-likeness (QED) is 0.801. The van der Waals surface area contributed by atoms with Crippen LogP contribution < -0.4 is 5.73 Å². The van der Waals surface area contributed by atoms with Gasteiger partial charge in [0.1, 0.15) is 0 Å². The van der Waals surface area contributed by atoms with Crippen molar-refractivity contribution in [2.45, 2.75) is 38.2 Å². The Labute approximate surface area is 140 Å². The molecule has 23 heavy (non-hydrogen) atoms. The molecule has 1 aromatic rings. The van der Waals surface area contributed by atoms with Crippen LogP contribution in [-0.2, 0) is 14.3 Å². The molecule has 7 heteroatoms. The lowest BCUT2D eigenvalue weighted by atomic mass is 9.87. The summed E-state index contributed by atoms with van der Waals surface area (Å²) in [6, 6.07) is 0. The Balaban J connectivity index is 1.99. The summed E-state index contributed by atoms with van der Waals surface area (Å²) in [6.07, 6.45) is 5.77. The third-order valence-electron chi connectivity index (χ3n) is 4.14. The zero-order chi connectivity index (χ0) is 16.9. The number of amides is 2. The SMILES string of the molecule is CO[C@]1(CCC(N)=O)CCCN(C(=O)/C=C/c2csc(C)n2)C1. The van der Waals surface area contributed by atoms with Gasteiger partial charge in [-0.2, -0.15) is 0 Å². The van der Waals surface area contributed by atoms with Crippen molar-refractivity contribution in [3.8, 4) is 0 Å². The lowest BCUT2D eigenvalue weighted by Crippen LogP contribution is -2.51. The Kier molecular flexibility index (Phi) is 5.90. The van der Waals surface area contributed by atoms with Crippen molar-refractivity contribution in [2.75, 3.05) is 20.2 Å². The number of aromatic nitrogens is 1. The van der Waals surface area contributed by atoms with Crippen LogP contribution in [0.1, 0.15) is 36.4 Å². The summed E-state index contributed by atoms with van der Waals surface area (Å²) >= 11 is 1.55. The van der Waals surface area contributed by atoms with Crippen LogP contribution in [0.15, 0.2) is 11.5 Å². The number of piperidine rings is 1. The first-order valence-electron chi connectivity index (χ1n) is 7.67. The highest BCUT2D eigenvalue weighted by Gasteiger charge is 2.36. The average molecular weight is 337 g/mol. The van der Waals surface area contributed by atoms with Gasteiger partial charge < -0.3 is 15.4 Å². The van der Waals surface area contributed by atoms with E-state index in [1.807, 2.05) is 12.3 Å². The molecule has 2 amide bonds. The fourth-order valence-corrected chi connectivity index (χ4v) is 3.41. The molecule has 1 aliphatic rings. The first-order valence-corrected chi connectivity index (χ1v) is 8.55. The molecule has 2 heterocycles. The fourth-order valence-electron chi connectivity index (χ4n) is 2.83. The van der Waals surface area contributed by atoms with E-state index in [1.54, 1.807) is 35.5 Å². The number of hydrogen-bond donors (Lipinski definition) is 1. The third-order valence-corrected chi connectivity index (χ3v) is 4.94. The molecule has 0 radical (unpaired) electrons. The average Bonchev–Trinajstić information content (AvgIpc) is 2.96. The Morgan fingerprint density at radius 2 is 2.35 bits per heavy atom. The van der Waals surface area contributed by atoms with Crippen LogP contribution in [0.25, 0.3) is 6.08 Å². The number of nitrogens with zero attached hydrogens (tertiary/aromatic N) is 2. The number of rotatable bonds is 6. The molecule has 1 aliphatic heterocycles. The summed E-state index contributed by atoms with van der Waals surface area (Å²) < 4.78 is 5.64. The molecule has 1 atom stereocenters. The van der Waals surface area contributed by atoms with Crippen LogP contribution in [0.4, 0.5) is 0 Å². The van der Waals surface area contributed by atoms with Crippen LogP contribution in [0, 0.1) is 6.92 Å². The fraction of sp³-hybridized carbons (Fsp3) is 0.562. The van der Waals surface area contributed by atoms with Gasteiger partial charge in [0.25, 0.3) is 0 Å². The van der Waals surface area contributed by atoms with Crippen molar-refractivity contribution < 1.29 is 14.3 Å². The number of aryl methyl sites for hydroxylation is 1. The van der Waals surface area contributed by atoms with Crippen LogP contribution in [0.2, 0.25) is 0 Å². The molecular formula is C16H23N3O3S. The highest BCUT2D eigenvalue weighted by Crippen LogP contribution is 2.29. The van der Waals surface area contributed by atoms with Gasteiger partial charge in [-0.05, 0) is 32.3 Å². The maximum absolute atomic E-state index is 12.4. The summed E-state index contributed by atoms with van der Waals surface area (Å²) in [5.41, 5.74) is 5.56. The lowest BCUT2D eigenvalue weighted by molar-refractivity contribution is -0.136. The molecule has 1 saturated heterocycles. The van der Waals surface area contributed by atoms with E-state index in [0.29, 0.717) is 19.5 Å². The van der Waals surface area contributed by atoms with Crippen molar-refractivity contribution in [1.82, 2.24) is 9.88 Å². The minimum Gasteiger partial charge on any atom is -0.376 e. The second kappa shape index (κ2) is 7.70. The van der Waals surface area contributed by atoms with Gasteiger partial charge in [0.15, 0.2) is 0 Å². The van der Waals surface area contributed by atoms with Gasteiger partial charge in [-0.1, -0.05) is 0 Å². The molecule has 0 spiro atoms. The topological polar surface area (TPSA) is 85.5 Å². The zero-order valence-corrected chi connectivity index (χ0v) is 14.4. The smallest absolute Gasteiger partial charge is 0.246 e. The summed E-state index contributed by atoms with van der Waals surface area (Å²) in [5, 5.41) is 2.89. The molecule has 1 aromatic heterocycles. The molecule has 126 valence electrons. The van der Waals surface area contributed by atoms with E-state index >= 15 is 0 Å². The maximum Gasteiger partial charge on any atom is 0.246 e. The summed E-state index contributed by atoms with van der Waals surface area (Å²) in [6.45, 7) is 3.11. The number of ether oxygens (including phenoxy) is 1. The number of likely N-dealkylation sites (tertiary alicyclic amines) is 1. The maximum atomic E-state index is 12.4. The predicted octanol–water partition coefficient (Wildman–Crippen LogP) is 1.74. The standard InChI is InChI=1S/C16H23N3O3S/c1-12-18-13(10-23-12)4-5-15(21)19-9-3-7-16(11-19,22-2)8-6-14(17)20/h4-5,10H,3,6-9,11H2,1-2H3,(H2,17,20)/b5-4+/t16-/m0/s1. The van der Waals surface area contributed by atoms with Crippen molar-refractivity contribution in [1.29, 1.82) is 0 Å². The van der Waals surface area contributed by atoms with E-state index in [-0.39, 0.29) is 18.2 Å². The normalized spacial score (nSPS) is 21.7. The number of thiazole rings is 1. The van der Waals surface area contributed by atoms with Gasteiger partial charge >= 0.3 is 0 Å². The zero-order valence-electron chi connectivity index (χ0n) is 13.6. The van der Waals surface area contributed by atoms with E-state index in [9.17, 15) is 9.59 Å². The van der Waals surface area contributed by atoms with Crippen LogP contribution in [-0.4, -0.2) is 47.5 Å². The second-order valence-electron chi connectivity index (χ2n) is 5.84. The van der Waals surface area contributed by atoms with Crippen molar-refractivity contribution >= 4 is 29.2 Å². The summed E-state index contributed by atoms with van der Waals surface area (Å²) in [7, 11) is 1.63. The van der Waals surface area contributed by atoms with E-state index in [4.69, 9.17) is 10.5 Å². The predicted molar refractivity (Wildman–Crippen MR) is 89.9 cm³/mol. The van der Waals surface area contributed by atoms with E-state index in [1.165, 1.54) is 0 Å². The van der Waals surface area contributed by atoms with Gasteiger partial charge in [-0.15, -0.1) is 11.3 Å². The van der Waals surface area contributed by atoms with Gasteiger partial charge in [0.05, 0.1) is 16.3 Å². The number of carbonyl (C=O) groups is 2. The van der Waals surface area contributed by atoms with Gasteiger partial charge in [-0.25, -0.2) is 4.98 Å². The molecule has 0 unspecified atom stereocenters. The molecule has 0 aromatic carbocycles. The largest absolute Gasteiger partial charge is 0.376 e. The lowest BCUT2D eigenvalue weighted by Gasteiger charge is -2.41. The van der Waals surface area contributed by atoms with E-state index in [0.717, 1.165) is 23.5 Å². The highest BCUT2D eigenvalue weighted by atomic mass is 32.1. The molecule has 0 saturated carbocycles. The van der Waals surface area contributed by atoms with Crippen LogP contribution in [0.3, 0.4) is 0 Å². The van der Waals surface area contributed by atoms with Gasteiger partial charge in [0, 0.05) is 38.1 Å². The van der Waals surface area contributed by atoms with E-state index in [2.05, 4.69) is 4.98 Å². The summed E-state index contributed by atoms with van der Waals surface area (Å²) in [4.78, 5) is 29.5. The molecule has 1 fully saturated rings. The molecule has 2 N–H and O–H groups in total. The Morgan fingerprint density at radius 1 is 1.57 bits per heavy atom. The number of carbonyl (C=O) groups excluding carboxylic acids is 2. The van der Waals surface area contributed by atoms with Crippen molar-refractivity contribution in [2.24, 2.45) is 5.73 Å². The minimum absolute atomic E-state index is 0.0594. The molecule has 0 bridgehead atoms. The van der Waals surface area contributed by atoms with Crippen molar-refractivity contribution in [3.63, 3.8) is 0 Å². The molecule has 2 rings (SSSR count). The number of nitrogens with two attached hydrogens (primary N) is 1. The molecule has 6 nitrogen and oxygen atoms in total. The van der Waals surface area contributed by atoms with Crippen molar-refractivity contribution in [3.05, 3.63) is 22.2 Å². The monoisotopic (exact) mass is 337 g/mol. The first-order chi connectivity index (χ1) is 10.9. The molecule has 0 aliphatic carbocycles. The second-order valence-corrected chi connectivity index (χ2v) is 6.90. The Bertz CT molecular complexity index is 599. The number of hydrogen-bond acceptors (Lipinski definition) is 5. The number of primary amides is 1. The summed E-state index contributed by atoms with van der Waals surface area (Å²) in [5.74, 6) is -0.403. The first kappa shape index (κ1) is 17.6. The minimum atomic E-state index is -0.478. The highest BCUT2D eigenvalue weighted by molar-refractivity contribution is 7.09. The van der Waals surface area contributed by atoms with Crippen LogP contribution >= 0.6 is 11.3 Å². The molecular weight excluding hydrogens is 314 g/mol. The van der Waals surface area contributed by atoms with E-state index < -0.39 is 5.60 Å².